The Labute approximate surface area is 113 Å². The first-order valence-electron chi connectivity index (χ1n) is 6.79. The summed E-state index contributed by atoms with van der Waals surface area (Å²) in [6, 6.07) is 17.1. The molecule has 0 bridgehead atoms. The first kappa shape index (κ1) is 12.0. The van der Waals surface area contributed by atoms with Crippen LogP contribution in [0.4, 0.5) is 0 Å². The van der Waals surface area contributed by atoms with E-state index in [4.69, 9.17) is 0 Å². The summed E-state index contributed by atoms with van der Waals surface area (Å²) in [5.41, 5.74) is 4.91. The first-order chi connectivity index (χ1) is 9.29. The predicted octanol–water partition coefficient (Wildman–Crippen LogP) is 4.41. The molecular formula is C17H18N2. The molecule has 1 heterocycles. The van der Waals surface area contributed by atoms with Gasteiger partial charge < -0.3 is 4.98 Å². The van der Waals surface area contributed by atoms with Crippen molar-refractivity contribution in [2.24, 2.45) is 0 Å². The molecule has 3 rings (SSSR count). The minimum atomic E-state index is 0.410. The lowest BCUT2D eigenvalue weighted by Crippen LogP contribution is -2.00. The van der Waals surface area contributed by atoms with Crippen molar-refractivity contribution in [2.75, 3.05) is 0 Å². The lowest BCUT2D eigenvalue weighted by molar-refractivity contribution is 0.782. The van der Waals surface area contributed by atoms with Crippen LogP contribution in [0.3, 0.4) is 0 Å². The van der Waals surface area contributed by atoms with Crippen LogP contribution in [0, 0.1) is 6.92 Å². The highest BCUT2D eigenvalue weighted by molar-refractivity contribution is 5.80. The summed E-state index contributed by atoms with van der Waals surface area (Å²) in [5.74, 6) is 1.39. The summed E-state index contributed by atoms with van der Waals surface area (Å²) in [7, 11) is 0. The third-order valence-corrected chi connectivity index (χ3v) is 3.65. The second-order valence-corrected chi connectivity index (χ2v) is 4.94. The molecular weight excluding hydrogens is 232 g/mol. The summed E-state index contributed by atoms with van der Waals surface area (Å²) in [4.78, 5) is 7.97. The SMILES string of the molecule is CCC(c1ccccc1)c1cccc2[nH]c(C)nc12. The molecule has 1 atom stereocenters. The van der Waals surface area contributed by atoms with Crippen molar-refractivity contribution in [3.63, 3.8) is 0 Å². The predicted molar refractivity (Wildman–Crippen MR) is 79.4 cm³/mol. The molecule has 0 radical (unpaired) electrons. The Kier molecular flexibility index (Phi) is 3.08. The van der Waals surface area contributed by atoms with Crippen LogP contribution >= 0.6 is 0 Å². The largest absolute Gasteiger partial charge is 0.342 e. The fraction of sp³-hybridized carbons (Fsp3) is 0.235. The zero-order chi connectivity index (χ0) is 13.2. The van der Waals surface area contributed by atoms with E-state index in [1.807, 2.05) is 6.92 Å². The van der Waals surface area contributed by atoms with Gasteiger partial charge in [-0.1, -0.05) is 49.4 Å². The van der Waals surface area contributed by atoms with E-state index < -0.39 is 0 Å². The molecule has 1 N–H and O–H groups in total. The maximum atomic E-state index is 4.65. The molecule has 0 aliphatic heterocycles. The quantitative estimate of drug-likeness (QED) is 0.732. The molecule has 0 amide bonds. The van der Waals surface area contributed by atoms with Crippen LogP contribution in [0.2, 0.25) is 0 Å². The van der Waals surface area contributed by atoms with Crippen LogP contribution in [0.15, 0.2) is 48.5 Å². The lowest BCUT2D eigenvalue weighted by atomic mass is 9.88. The van der Waals surface area contributed by atoms with Gasteiger partial charge in [0.2, 0.25) is 0 Å². The number of hydrogen-bond donors (Lipinski definition) is 1. The van der Waals surface area contributed by atoms with Gasteiger partial charge in [0.25, 0.3) is 0 Å². The number of aromatic nitrogens is 2. The van der Waals surface area contributed by atoms with E-state index in [-0.39, 0.29) is 0 Å². The molecule has 0 aliphatic carbocycles. The fourth-order valence-electron chi connectivity index (χ4n) is 2.78. The van der Waals surface area contributed by atoms with E-state index in [2.05, 4.69) is 65.4 Å². The Morgan fingerprint density at radius 3 is 2.58 bits per heavy atom. The maximum absolute atomic E-state index is 4.65. The minimum Gasteiger partial charge on any atom is -0.342 e. The fourth-order valence-corrected chi connectivity index (χ4v) is 2.78. The van der Waals surface area contributed by atoms with Crippen molar-refractivity contribution >= 4 is 11.0 Å². The van der Waals surface area contributed by atoms with Gasteiger partial charge in [0.05, 0.1) is 11.0 Å². The molecule has 2 nitrogen and oxygen atoms in total. The molecule has 19 heavy (non-hydrogen) atoms. The number of aromatic amines is 1. The van der Waals surface area contributed by atoms with Crippen LogP contribution in [0.25, 0.3) is 11.0 Å². The smallest absolute Gasteiger partial charge is 0.104 e. The van der Waals surface area contributed by atoms with Crippen molar-refractivity contribution in [3.8, 4) is 0 Å². The highest BCUT2D eigenvalue weighted by atomic mass is 14.9. The number of fused-ring (bicyclic) bond motifs is 1. The van der Waals surface area contributed by atoms with Gasteiger partial charge in [-0.05, 0) is 30.5 Å². The second-order valence-electron chi connectivity index (χ2n) is 4.94. The van der Waals surface area contributed by atoms with Crippen molar-refractivity contribution in [2.45, 2.75) is 26.2 Å². The van der Waals surface area contributed by atoms with Gasteiger partial charge >= 0.3 is 0 Å². The summed E-state index contributed by atoms with van der Waals surface area (Å²) < 4.78 is 0. The lowest BCUT2D eigenvalue weighted by Gasteiger charge is -2.16. The number of rotatable bonds is 3. The molecule has 0 spiro atoms. The zero-order valence-electron chi connectivity index (χ0n) is 11.4. The molecule has 0 fully saturated rings. The minimum absolute atomic E-state index is 0.410. The number of aryl methyl sites for hydroxylation is 1. The van der Waals surface area contributed by atoms with Crippen LogP contribution in [-0.4, -0.2) is 9.97 Å². The van der Waals surface area contributed by atoms with Gasteiger partial charge in [-0.25, -0.2) is 4.98 Å². The summed E-state index contributed by atoms with van der Waals surface area (Å²) in [6.45, 7) is 4.24. The Balaban J connectivity index is 2.16. The van der Waals surface area contributed by atoms with E-state index in [1.54, 1.807) is 0 Å². The van der Waals surface area contributed by atoms with E-state index in [1.165, 1.54) is 11.1 Å². The highest BCUT2D eigenvalue weighted by Crippen LogP contribution is 2.31. The highest BCUT2D eigenvalue weighted by Gasteiger charge is 2.16. The molecule has 0 aliphatic rings. The molecule has 0 saturated heterocycles. The van der Waals surface area contributed by atoms with Crippen molar-refractivity contribution in [3.05, 3.63) is 65.5 Å². The molecule has 2 aromatic carbocycles. The van der Waals surface area contributed by atoms with Gasteiger partial charge in [-0.15, -0.1) is 0 Å². The Bertz CT molecular complexity index is 683. The third kappa shape index (κ3) is 2.14. The summed E-state index contributed by atoms with van der Waals surface area (Å²) >= 11 is 0. The standard InChI is InChI=1S/C17H18N2/c1-3-14(13-8-5-4-6-9-13)15-10-7-11-16-17(15)19-12(2)18-16/h4-11,14H,3H2,1-2H3,(H,18,19). The number of imidazole rings is 1. The average Bonchev–Trinajstić information content (AvgIpc) is 2.82. The Morgan fingerprint density at radius 2 is 1.84 bits per heavy atom. The van der Waals surface area contributed by atoms with E-state index in [9.17, 15) is 0 Å². The monoisotopic (exact) mass is 250 g/mol. The van der Waals surface area contributed by atoms with Gasteiger partial charge in [0, 0.05) is 5.92 Å². The number of hydrogen-bond acceptors (Lipinski definition) is 1. The van der Waals surface area contributed by atoms with E-state index >= 15 is 0 Å². The van der Waals surface area contributed by atoms with Crippen LogP contribution in [0.5, 0.6) is 0 Å². The third-order valence-electron chi connectivity index (χ3n) is 3.65. The maximum Gasteiger partial charge on any atom is 0.104 e. The Morgan fingerprint density at radius 1 is 1.05 bits per heavy atom. The van der Waals surface area contributed by atoms with Crippen LogP contribution < -0.4 is 0 Å². The molecule has 0 saturated carbocycles. The van der Waals surface area contributed by atoms with Crippen LogP contribution in [0.1, 0.15) is 36.2 Å². The summed E-state index contributed by atoms with van der Waals surface area (Å²) in [6.07, 6.45) is 1.08. The number of nitrogens with zero attached hydrogens (tertiary/aromatic N) is 1. The molecule has 1 unspecified atom stereocenters. The Hall–Kier alpha value is -2.09. The topological polar surface area (TPSA) is 28.7 Å². The molecule has 3 aromatic rings. The van der Waals surface area contributed by atoms with Crippen molar-refractivity contribution < 1.29 is 0 Å². The number of benzene rings is 2. The summed E-state index contributed by atoms with van der Waals surface area (Å²) in [5, 5.41) is 0. The molecule has 2 heteroatoms. The van der Waals surface area contributed by atoms with Crippen LogP contribution in [-0.2, 0) is 0 Å². The second kappa shape index (κ2) is 4.88. The van der Waals surface area contributed by atoms with Gasteiger partial charge in [-0.2, -0.15) is 0 Å². The molecule has 1 aromatic heterocycles. The normalized spacial score (nSPS) is 12.7. The number of nitrogens with one attached hydrogen (secondary N) is 1. The van der Waals surface area contributed by atoms with Gasteiger partial charge in [-0.3, -0.25) is 0 Å². The average molecular weight is 250 g/mol. The van der Waals surface area contributed by atoms with Crippen molar-refractivity contribution in [1.82, 2.24) is 9.97 Å². The zero-order valence-corrected chi connectivity index (χ0v) is 11.4. The first-order valence-corrected chi connectivity index (χ1v) is 6.79. The van der Waals surface area contributed by atoms with E-state index in [0.717, 1.165) is 23.3 Å². The number of para-hydroxylation sites is 1. The molecule has 96 valence electrons. The van der Waals surface area contributed by atoms with Gasteiger partial charge in [0.15, 0.2) is 0 Å². The van der Waals surface area contributed by atoms with Crippen molar-refractivity contribution in [1.29, 1.82) is 0 Å². The van der Waals surface area contributed by atoms with Gasteiger partial charge in [0.1, 0.15) is 5.82 Å². The van der Waals surface area contributed by atoms with E-state index in [0.29, 0.717) is 5.92 Å². The number of H-pyrrole nitrogens is 1.